The number of hydrogen-bond acceptors (Lipinski definition) is 5. The third-order valence-electron chi connectivity index (χ3n) is 4.63. The lowest BCUT2D eigenvalue weighted by Crippen LogP contribution is -2.35. The second-order valence-corrected chi connectivity index (χ2v) is 6.61. The molecule has 0 spiro atoms. The minimum Gasteiger partial charge on any atom is -0.449 e. The van der Waals surface area contributed by atoms with Crippen LogP contribution in [-0.2, 0) is 22.5 Å². The molecule has 7 nitrogen and oxygen atoms in total. The van der Waals surface area contributed by atoms with Crippen LogP contribution < -0.4 is 10.9 Å². The molecule has 7 heteroatoms. The topological polar surface area (TPSA) is 90.3 Å². The number of hydrogen-bond donors (Lipinski definition) is 1. The first kappa shape index (κ1) is 18.8. The van der Waals surface area contributed by atoms with Crippen LogP contribution in [0.25, 0.3) is 10.9 Å². The molecule has 1 N–H and O–H groups in total. The number of aryl methyl sites for hydroxylation is 1. The van der Waals surface area contributed by atoms with E-state index in [2.05, 4.69) is 16.9 Å². The number of benzene rings is 1. The molecule has 27 heavy (non-hydrogen) atoms. The van der Waals surface area contributed by atoms with E-state index in [0.29, 0.717) is 24.0 Å². The number of carbonyl (C=O) groups is 2. The molecular formula is C20H23N3O4. The molecule has 1 amide bonds. The van der Waals surface area contributed by atoms with Gasteiger partial charge in [0.25, 0.3) is 11.5 Å². The van der Waals surface area contributed by atoms with Gasteiger partial charge in [-0.2, -0.15) is 0 Å². The summed E-state index contributed by atoms with van der Waals surface area (Å²) in [4.78, 5) is 41.5. The fraction of sp³-hybridized carbons (Fsp3) is 0.400. The lowest BCUT2D eigenvalue weighted by molar-refractivity contribution is -0.128. The average Bonchev–Trinajstić information content (AvgIpc) is 2.91. The number of rotatable bonds is 5. The summed E-state index contributed by atoms with van der Waals surface area (Å²) in [5.41, 5.74) is 0.664. The van der Waals surface area contributed by atoms with E-state index >= 15 is 0 Å². The smallest absolute Gasteiger partial charge is 0.338 e. The molecule has 0 radical (unpaired) electrons. The highest BCUT2D eigenvalue weighted by Gasteiger charge is 2.20. The lowest BCUT2D eigenvalue weighted by Gasteiger charge is -2.13. The van der Waals surface area contributed by atoms with Crippen molar-refractivity contribution in [3.8, 4) is 0 Å². The highest BCUT2D eigenvalue weighted by atomic mass is 16.5. The van der Waals surface area contributed by atoms with Gasteiger partial charge in [-0.05, 0) is 38.0 Å². The highest BCUT2D eigenvalue weighted by Crippen LogP contribution is 2.17. The van der Waals surface area contributed by atoms with Gasteiger partial charge in [-0.25, -0.2) is 9.78 Å². The van der Waals surface area contributed by atoms with Crippen LogP contribution in [0.5, 0.6) is 0 Å². The van der Waals surface area contributed by atoms with Crippen molar-refractivity contribution in [3.63, 3.8) is 0 Å². The average molecular weight is 369 g/mol. The molecule has 1 aromatic carbocycles. The number of nitrogens with one attached hydrogen (secondary N) is 1. The predicted octanol–water partition coefficient (Wildman–Crippen LogP) is 1.97. The summed E-state index contributed by atoms with van der Waals surface area (Å²) in [6.07, 6.45) is 4.40. The quantitative estimate of drug-likeness (QED) is 0.643. The molecule has 142 valence electrons. The largest absolute Gasteiger partial charge is 0.449 e. The summed E-state index contributed by atoms with van der Waals surface area (Å²) in [7, 11) is 0. The SMILES string of the molecule is C=CCNC(=O)[C@H](C)OC(=O)c1ccc2c(=O)n3c(nc2c1)CCCCC3. The van der Waals surface area contributed by atoms with E-state index in [1.54, 1.807) is 22.8 Å². The molecule has 0 saturated carbocycles. The van der Waals surface area contributed by atoms with E-state index in [1.165, 1.54) is 13.0 Å². The zero-order valence-corrected chi connectivity index (χ0v) is 15.4. The fourth-order valence-electron chi connectivity index (χ4n) is 3.14. The lowest BCUT2D eigenvalue weighted by atomic mass is 10.1. The molecule has 0 aliphatic carbocycles. The maximum atomic E-state index is 12.7. The predicted molar refractivity (Wildman–Crippen MR) is 102 cm³/mol. The van der Waals surface area contributed by atoms with Crippen LogP contribution in [0, 0.1) is 0 Å². The molecule has 0 bridgehead atoms. The Morgan fingerprint density at radius 2 is 2.19 bits per heavy atom. The Labute approximate surface area is 157 Å². The van der Waals surface area contributed by atoms with Gasteiger partial charge in [-0.15, -0.1) is 6.58 Å². The van der Waals surface area contributed by atoms with Crippen molar-refractivity contribution in [3.05, 3.63) is 52.6 Å². The number of carbonyl (C=O) groups excluding carboxylic acids is 2. The minimum absolute atomic E-state index is 0.0750. The van der Waals surface area contributed by atoms with Crippen molar-refractivity contribution in [2.75, 3.05) is 6.54 Å². The zero-order chi connectivity index (χ0) is 19.4. The van der Waals surface area contributed by atoms with Crippen LogP contribution in [0.1, 0.15) is 42.4 Å². The van der Waals surface area contributed by atoms with Gasteiger partial charge in [0, 0.05) is 19.5 Å². The van der Waals surface area contributed by atoms with Gasteiger partial charge in [-0.3, -0.25) is 14.2 Å². The maximum absolute atomic E-state index is 12.7. The Morgan fingerprint density at radius 1 is 1.37 bits per heavy atom. The van der Waals surface area contributed by atoms with E-state index in [4.69, 9.17) is 4.74 Å². The highest BCUT2D eigenvalue weighted by molar-refractivity contribution is 5.95. The summed E-state index contributed by atoms with van der Waals surface area (Å²) >= 11 is 0. The van der Waals surface area contributed by atoms with Gasteiger partial charge in [-0.1, -0.05) is 12.5 Å². The molecule has 1 atom stereocenters. The molecule has 2 aromatic rings. The van der Waals surface area contributed by atoms with Crippen molar-refractivity contribution >= 4 is 22.8 Å². The molecule has 0 saturated heterocycles. The van der Waals surface area contributed by atoms with Gasteiger partial charge >= 0.3 is 5.97 Å². The Hall–Kier alpha value is -2.96. The third-order valence-corrected chi connectivity index (χ3v) is 4.63. The summed E-state index contributed by atoms with van der Waals surface area (Å²) in [6.45, 7) is 6.00. The minimum atomic E-state index is -0.932. The first-order chi connectivity index (χ1) is 13.0. The van der Waals surface area contributed by atoms with Crippen molar-refractivity contribution in [2.24, 2.45) is 0 Å². The number of esters is 1. The van der Waals surface area contributed by atoms with E-state index in [-0.39, 0.29) is 11.1 Å². The van der Waals surface area contributed by atoms with Crippen LogP contribution in [0.3, 0.4) is 0 Å². The van der Waals surface area contributed by atoms with Gasteiger partial charge in [0.05, 0.1) is 16.5 Å². The van der Waals surface area contributed by atoms with E-state index in [9.17, 15) is 14.4 Å². The van der Waals surface area contributed by atoms with Crippen LogP contribution in [0.15, 0.2) is 35.6 Å². The summed E-state index contributed by atoms with van der Waals surface area (Å²) < 4.78 is 6.95. The second kappa shape index (κ2) is 8.16. The Kier molecular flexibility index (Phi) is 5.69. The number of nitrogens with zero attached hydrogens (tertiary/aromatic N) is 2. The summed E-state index contributed by atoms with van der Waals surface area (Å²) in [5, 5.41) is 3.06. The first-order valence-corrected chi connectivity index (χ1v) is 9.14. The van der Waals surface area contributed by atoms with E-state index in [0.717, 1.165) is 31.5 Å². The van der Waals surface area contributed by atoms with E-state index < -0.39 is 18.0 Å². The maximum Gasteiger partial charge on any atom is 0.338 e. The monoisotopic (exact) mass is 369 g/mol. The van der Waals surface area contributed by atoms with Crippen molar-refractivity contribution in [2.45, 2.75) is 45.3 Å². The molecule has 1 aromatic heterocycles. The fourth-order valence-corrected chi connectivity index (χ4v) is 3.14. The molecule has 1 aliphatic heterocycles. The van der Waals surface area contributed by atoms with Crippen molar-refractivity contribution < 1.29 is 14.3 Å². The Balaban J connectivity index is 1.85. The molecule has 2 heterocycles. The number of ether oxygens (including phenoxy) is 1. The number of amides is 1. The second-order valence-electron chi connectivity index (χ2n) is 6.61. The van der Waals surface area contributed by atoms with Gasteiger partial charge in [0.15, 0.2) is 6.10 Å². The molecule has 3 rings (SSSR count). The normalized spacial score (nSPS) is 14.7. The van der Waals surface area contributed by atoms with E-state index in [1.807, 2.05) is 0 Å². The first-order valence-electron chi connectivity index (χ1n) is 9.14. The zero-order valence-electron chi connectivity index (χ0n) is 15.4. The van der Waals surface area contributed by atoms with Crippen LogP contribution in [0.2, 0.25) is 0 Å². The Morgan fingerprint density at radius 3 is 2.96 bits per heavy atom. The molecule has 0 unspecified atom stereocenters. The van der Waals surface area contributed by atoms with Crippen LogP contribution in [-0.4, -0.2) is 34.1 Å². The van der Waals surface area contributed by atoms with Gasteiger partial charge < -0.3 is 10.1 Å². The van der Waals surface area contributed by atoms with Crippen LogP contribution >= 0.6 is 0 Å². The molecule has 0 fully saturated rings. The van der Waals surface area contributed by atoms with Crippen molar-refractivity contribution in [1.82, 2.24) is 14.9 Å². The summed E-state index contributed by atoms with van der Waals surface area (Å²) in [6, 6.07) is 4.69. The molecular weight excluding hydrogens is 346 g/mol. The van der Waals surface area contributed by atoms with Gasteiger partial charge in [0.1, 0.15) is 5.82 Å². The number of aromatic nitrogens is 2. The van der Waals surface area contributed by atoms with Crippen molar-refractivity contribution in [1.29, 1.82) is 0 Å². The Bertz CT molecular complexity index is 948. The van der Waals surface area contributed by atoms with Gasteiger partial charge in [0.2, 0.25) is 0 Å². The molecule has 1 aliphatic rings. The summed E-state index contributed by atoms with van der Waals surface area (Å²) in [5.74, 6) is -0.270. The van der Waals surface area contributed by atoms with Crippen LogP contribution in [0.4, 0.5) is 0 Å². The third kappa shape index (κ3) is 4.07. The number of fused-ring (bicyclic) bond motifs is 2. The standard InChI is InChI=1S/C20H23N3O4/c1-3-10-21-18(24)13(2)27-20(26)14-8-9-15-16(12-14)22-17-7-5-4-6-11-23(17)19(15)25/h3,8-9,12-13H,1,4-7,10-11H2,2H3,(H,21,24)/t13-/m0/s1.